The van der Waals surface area contributed by atoms with Crippen LogP contribution >= 0.6 is 11.6 Å². The number of halogens is 4. The first kappa shape index (κ1) is 28.2. The fraction of sp³-hybridized carbons (Fsp3) is 0.440. The second-order valence-corrected chi connectivity index (χ2v) is 9.37. The maximum atomic E-state index is 13.5. The average molecular weight is 541 g/mol. The van der Waals surface area contributed by atoms with Gasteiger partial charge in [-0.2, -0.15) is 0 Å². The molecule has 0 aliphatic carbocycles. The third kappa shape index (κ3) is 5.36. The van der Waals surface area contributed by atoms with Gasteiger partial charge in [0.25, 0.3) is 17.6 Å². The van der Waals surface area contributed by atoms with E-state index in [0.717, 1.165) is 6.07 Å². The normalized spacial score (nSPS) is 14.7. The van der Waals surface area contributed by atoms with E-state index in [1.807, 2.05) is 6.92 Å². The molecule has 1 aromatic heterocycles. The first-order valence-corrected chi connectivity index (χ1v) is 12.1. The van der Waals surface area contributed by atoms with E-state index in [-0.39, 0.29) is 33.6 Å². The molecule has 1 aliphatic heterocycles. The van der Waals surface area contributed by atoms with E-state index in [0.29, 0.717) is 18.5 Å². The number of carbonyl (C=O) groups excluding carboxylic acids is 4. The van der Waals surface area contributed by atoms with Gasteiger partial charge in [-0.05, 0) is 50.5 Å². The predicted molar refractivity (Wildman–Crippen MR) is 132 cm³/mol. The van der Waals surface area contributed by atoms with Crippen molar-refractivity contribution in [3.63, 3.8) is 0 Å². The Balaban J connectivity index is 1.99. The maximum absolute atomic E-state index is 13.5. The summed E-state index contributed by atoms with van der Waals surface area (Å²) in [4.78, 5) is 52.1. The number of rotatable bonds is 10. The summed E-state index contributed by atoms with van der Waals surface area (Å²) in [6.45, 7) is 1.31. The lowest BCUT2D eigenvalue weighted by molar-refractivity contribution is -0.132. The van der Waals surface area contributed by atoms with Crippen molar-refractivity contribution in [1.82, 2.24) is 15.2 Å². The second kappa shape index (κ2) is 11.4. The molecule has 2 aromatic rings. The fourth-order valence-electron chi connectivity index (χ4n) is 4.81. The number of fused-ring (bicyclic) bond motifs is 1. The zero-order chi connectivity index (χ0) is 27.5. The van der Waals surface area contributed by atoms with Gasteiger partial charge in [-0.1, -0.05) is 11.6 Å². The molecule has 0 radical (unpaired) electrons. The Labute approximate surface area is 216 Å². The number of nitrogens with one attached hydrogen (secondary N) is 3. The molecule has 1 aromatic carbocycles. The van der Waals surface area contributed by atoms with Crippen LogP contribution in [0, 0.1) is 12.7 Å². The number of Topliss-reactive ketones (excluding diaryl/α,β-unsaturated/α-hetero) is 1. The molecular formula is C25H28ClF3N4O4. The summed E-state index contributed by atoms with van der Waals surface area (Å²) < 4.78 is 41.7. The number of alkyl halides is 2. The van der Waals surface area contributed by atoms with Crippen molar-refractivity contribution in [3.8, 4) is 0 Å². The molecule has 8 nitrogen and oxygen atoms in total. The average Bonchev–Trinajstić information content (AvgIpc) is 3.36. The Morgan fingerprint density at radius 2 is 1.81 bits per heavy atom. The summed E-state index contributed by atoms with van der Waals surface area (Å²) in [7, 11) is 1.26. The molecule has 1 atom stereocenters. The van der Waals surface area contributed by atoms with Crippen LogP contribution < -0.4 is 16.0 Å². The van der Waals surface area contributed by atoms with Crippen LogP contribution in [0.15, 0.2) is 18.2 Å². The molecule has 0 unspecified atom stereocenters. The van der Waals surface area contributed by atoms with Crippen LogP contribution in [0.1, 0.15) is 64.3 Å². The van der Waals surface area contributed by atoms with Gasteiger partial charge in [-0.25, -0.2) is 4.39 Å². The van der Waals surface area contributed by atoms with E-state index in [2.05, 4.69) is 16.0 Å². The molecule has 3 N–H and O–H groups in total. The van der Waals surface area contributed by atoms with E-state index >= 15 is 0 Å². The fourth-order valence-corrected chi connectivity index (χ4v) is 4.99. The van der Waals surface area contributed by atoms with E-state index in [4.69, 9.17) is 11.6 Å². The van der Waals surface area contributed by atoms with Crippen molar-refractivity contribution in [2.24, 2.45) is 0 Å². The van der Waals surface area contributed by atoms with Crippen molar-refractivity contribution in [2.75, 3.05) is 25.7 Å². The lowest BCUT2D eigenvalue weighted by Gasteiger charge is -2.31. The lowest BCUT2D eigenvalue weighted by Crippen LogP contribution is -2.60. The van der Waals surface area contributed by atoms with Gasteiger partial charge in [0.1, 0.15) is 17.1 Å². The first-order valence-electron chi connectivity index (χ1n) is 11.7. The minimum Gasteiger partial charge on any atom is -0.357 e. The number of aromatic nitrogens is 1. The molecular weight excluding hydrogens is 513 g/mol. The number of amides is 3. The Bertz CT molecular complexity index is 1240. The van der Waals surface area contributed by atoms with E-state index in [1.165, 1.54) is 26.1 Å². The van der Waals surface area contributed by atoms with Crippen LogP contribution in [-0.2, 0) is 16.0 Å². The maximum Gasteiger partial charge on any atom is 0.293 e. The molecule has 1 aliphatic rings. The molecule has 0 spiro atoms. The Morgan fingerprint density at radius 3 is 2.38 bits per heavy atom. The minimum atomic E-state index is -1.95. The van der Waals surface area contributed by atoms with Gasteiger partial charge >= 0.3 is 0 Å². The number of ketones is 1. The molecule has 2 heterocycles. The van der Waals surface area contributed by atoms with Crippen LogP contribution in [0.4, 0.5) is 18.9 Å². The molecule has 12 heteroatoms. The second-order valence-electron chi connectivity index (χ2n) is 8.96. The largest absolute Gasteiger partial charge is 0.357 e. The molecule has 0 saturated heterocycles. The molecule has 0 saturated carbocycles. The minimum absolute atomic E-state index is 0.00422. The summed E-state index contributed by atoms with van der Waals surface area (Å²) in [5.74, 6) is -4.30. The van der Waals surface area contributed by atoms with Crippen LogP contribution in [-0.4, -0.2) is 54.0 Å². The highest BCUT2D eigenvalue weighted by Crippen LogP contribution is 2.36. The molecule has 0 fully saturated rings. The standard InChI is InChI=1S/C25H28ClF3N4O4/c1-13-4-7-18-19(21(34)23(36)32-25(8-10-27,9-11-28)24(37)30-3)14(2)20(33(13)18)22(35)31-15-5-6-17(29)16(26)12-15/h5-6,12-13H,4,7-11H2,1-3H3,(H,30,37)(H,31,35)(H,32,36)/t13-/m0/s1. The number of hydrogen-bond donors (Lipinski definition) is 3. The van der Waals surface area contributed by atoms with Crippen molar-refractivity contribution < 1.29 is 32.3 Å². The number of carbonyl (C=O) groups is 4. The van der Waals surface area contributed by atoms with Crippen molar-refractivity contribution in [3.05, 3.63) is 51.6 Å². The number of anilines is 1. The summed E-state index contributed by atoms with van der Waals surface area (Å²) in [6, 6.07) is 3.51. The monoisotopic (exact) mass is 540 g/mol. The third-order valence-corrected chi connectivity index (χ3v) is 6.96. The highest BCUT2D eigenvalue weighted by molar-refractivity contribution is 6.44. The van der Waals surface area contributed by atoms with Crippen LogP contribution in [0.25, 0.3) is 0 Å². The molecule has 200 valence electrons. The van der Waals surface area contributed by atoms with Gasteiger partial charge in [0.15, 0.2) is 0 Å². The molecule has 37 heavy (non-hydrogen) atoms. The summed E-state index contributed by atoms with van der Waals surface area (Å²) in [5.41, 5.74) is -0.882. The molecule has 3 amide bonds. The Hall–Kier alpha value is -3.34. The van der Waals surface area contributed by atoms with Crippen molar-refractivity contribution in [2.45, 2.75) is 51.1 Å². The number of nitrogens with zero attached hydrogens (tertiary/aromatic N) is 1. The number of benzene rings is 1. The highest BCUT2D eigenvalue weighted by Gasteiger charge is 2.42. The van der Waals surface area contributed by atoms with Crippen LogP contribution in [0.2, 0.25) is 5.02 Å². The smallest absolute Gasteiger partial charge is 0.293 e. The van der Waals surface area contributed by atoms with Crippen molar-refractivity contribution >= 4 is 40.8 Å². The zero-order valence-electron chi connectivity index (χ0n) is 20.6. The first-order chi connectivity index (χ1) is 17.5. The molecule has 0 bridgehead atoms. The third-order valence-electron chi connectivity index (χ3n) is 6.67. The SMILES string of the molecule is CNC(=O)C(CCF)(CCF)NC(=O)C(=O)c1c(C)c(C(=O)Nc2ccc(F)c(Cl)c2)n2c1CC[C@@H]2C. The Morgan fingerprint density at radius 1 is 1.16 bits per heavy atom. The van der Waals surface area contributed by atoms with Gasteiger partial charge < -0.3 is 20.5 Å². The topological polar surface area (TPSA) is 109 Å². The highest BCUT2D eigenvalue weighted by atomic mass is 35.5. The Kier molecular flexibility index (Phi) is 8.68. The predicted octanol–water partition coefficient (Wildman–Crippen LogP) is 3.85. The van der Waals surface area contributed by atoms with Gasteiger partial charge in [0.05, 0.1) is 23.9 Å². The van der Waals surface area contributed by atoms with E-state index in [9.17, 15) is 32.3 Å². The quantitative estimate of drug-likeness (QED) is 0.314. The van der Waals surface area contributed by atoms with E-state index in [1.54, 1.807) is 4.57 Å². The molecule has 3 rings (SSSR count). The summed E-state index contributed by atoms with van der Waals surface area (Å²) >= 11 is 5.81. The zero-order valence-corrected chi connectivity index (χ0v) is 21.4. The lowest BCUT2D eigenvalue weighted by atomic mass is 9.90. The number of hydrogen-bond acceptors (Lipinski definition) is 4. The summed E-state index contributed by atoms with van der Waals surface area (Å²) in [6.07, 6.45) is -0.0334. The van der Waals surface area contributed by atoms with Gasteiger partial charge in [0.2, 0.25) is 5.91 Å². The van der Waals surface area contributed by atoms with E-state index < -0.39 is 61.1 Å². The van der Waals surface area contributed by atoms with Gasteiger partial charge in [-0.3, -0.25) is 28.0 Å². The van der Waals surface area contributed by atoms with Gasteiger partial charge in [0, 0.05) is 37.3 Å². The number of likely N-dealkylation sites (N-methyl/N-ethyl adjacent to an activating group) is 1. The van der Waals surface area contributed by atoms with Crippen LogP contribution in [0.5, 0.6) is 0 Å². The van der Waals surface area contributed by atoms with Gasteiger partial charge in [-0.15, -0.1) is 0 Å². The summed E-state index contributed by atoms with van der Waals surface area (Å²) in [5, 5.41) is 6.99. The van der Waals surface area contributed by atoms with Crippen LogP contribution in [0.3, 0.4) is 0 Å². The van der Waals surface area contributed by atoms with Crippen molar-refractivity contribution in [1.29, 1.82) is 0 Å².